The topological polar surface area (TPSA) is 112 Å². The molecule has 0 saturated carbocycles. The molecule has 1 aliphatic heterocycles. The number of benzene rings is 1. The molecule has 1 saturated heterocycles. The van der Waals surface area contributed by atoms with E-state index in [0.29, 0.717) is 5.52 Å². The number of piperazine rings is 1. The summed E-state index contributed by atoms with van der Waals surface area (Å²) in [6, 6.07) is 4.13. The van der Waals surface area contributed by atoms with E-state index in [1.54, 1.807) is 13.8 Å². The van der Waals surface area contributed by atoms with E-state index in [1.807, 2.05) is 0 Å². The molecule has 3 rings (SSSR count). The van der Waals surface area contributed by atoms with E-state index in [2.05, 4.69) is 10.3 Å². The van der Waals surface area contributed by atoms with Gasteiger partial charge in [-0.15, -0.1) is 0 Å². The number of fused-ring (bicyclic) bond motifs is 1. The fourth-order valence-corrected chi connectivity index (χ4v) is 4.28. The Morgan fingerprint density at radius 1 is 1.27 bits per heavy atom. The van der Waals surface area contributed by atoms with Gasteiger partial charge in [-0.3, -0.25) is 9.78 Å². The van der Waals surface area contributed by atoms with Crippen LogP contribution in [-0.2, 0) is 14.8 Å². The monoisotopic (exact) mass is 325 g/mol. The number of aromatic amines is 1. The average Bonchev–Trinajstić information content (AvgIpc) is 2.80. The summed E-state index contributed by atoms with van der Waals surface area (Å²) < 4.78 is 31.7. The largest absolute Gasteiger partial charge is 0.417 e. The SMILES string of the molecule is CC1(C)C(=O)NCCN1S(=O)(=O)c1ccc2[nH]c(=O)oc2c1. The molecule has 2 aromatic rings. The Hall–Kier alpha value is -2.13. The van der Waals surface area contributed by atoms with Crippen molar-refractivity contribution in [3.63, 3.8) is 0 Å². The minimum Gasteiger partial charge on any atom is -0.408 e. The van der Waals surface area contributed by atoms with Crippen LogP contribution in [0.3, 0.4) is 0 Å². The van der Waals surface area contributed by atoms with E-state index in [-0.39, 0.29) is 29.5 Å². The zero-order valence-electron chi connectivity index (χ0n) is 12.0. The highest BCUT2D eigenvalue weighted by atomic mass is 32.2. The first kappa shape index (κ1) is 14.8. The number of rotatable bonds is 2. The number of carbonyl (C=O) groups is 1. The molecule has 0 bridgehead atoms. The van der Waals surface area contributed by atoms with Gasteiger partial charge in [-0.25, -0.2) is 13.2 Å². The van der Waals surface area contributed by atoms with Gasteiger partial charge in [-0.05, 0) is 26.0 Å². The van der Waals surface area contributed by atoms with Gasteiger partial charge in [-0.1, -0.05) is 0 Å². The van der Waals surface area contributed by atoms with Crippen molar-refractivity contribution in [1.82, 2.24) is 14.6 Å². The number of carbonyl (C=O) groups excluding carboxylic acids is 1. The van der Waals surface area contributed by atoms with Crippen molar-refractivity contribution in [1.29, 1.82) is 0 Å². The molecule has 118 valence electrons. The summed E-state index contributed by atoms with van der Waals surface area (Å²) in [5.41, 5.74) is -0.615. The molecule has 0 atom stereocenters. The highest BCUT2D eigenvalue weighted by Crippen LogP contribution is 2.28. The molecule has 1 aromatic carbocycles. The van der Waals surface area contributed by atoms with Crippen molar-refractivity contribution in [3.05, 3.63) is 28.7 Å². The van der Waals surface area contributed by atoms with Crippen LogP contribution in [0.5, 0.6) is 0 Å². The molecule has 8 nitrogen and oxygen atoms in total. The molecule has 2 heterocycles. The maximum absolute atomic E-state index is 12.8. The lowest BCUT2D eigenvalue weighted by atomic mass is 10.0. The number of H-pyrrole nitrogens is 1. The fraction of sp³-hybridized carbons (Fsp3) is 0.385. The second-order valence-electron chi connectivity index (χ2n) is 5.56. The maximum atomic E-state index is 12.8. The van der Waals surface area contributed by atoms with E-state index in [4.69, 9.17) is 4.42 Å². The Labute approximate surface area is 126 Å². The van der Waals surface area contributed by atoms with Gasteiger partial charge in [0.05, 0.1) is 10.4 Å². The van der Waals surface area contributed by atoms with Crippen molar-refractivity contribution in [2.24, 2.45) is 0 Å². The first-order chi connectivity index (χ1) is 10.2. The molecule has 22 heavy (non-hydrogen) atoms. The van der Waals surface area contributed by atoms with Gasteiger partial charge in [-0.2, -0.15) is 4.31 Å². The van der Waals surface area contributed by atoms with E-state index in [9.17, 15) is 18.0 Å². The van der Waals surface area contributed by atoms with Gasteiger partial charge < -0.3 is 9.73 Å². The van der Waals surface area contributed by atoms with Crippen LogP contribution in [-0.4, -0.2) is 42.2 Å². The number of sulfonamides is 1. The standard InChI is InChI=1S/C13H15N3O5S/c1-13(2)11(17)14-5-6-16(13)22(19,20)8-3-4-9-10(7-8)21-12(18)15-9/h3-4,7H,5-6H2,1-2H3,(H,14,17)(H,15,18). The predicted octanol–water partition coefficient (Wildman–Crippen LogP) is 0.0202. The fourth-order valence-electron chi connectivity index (χ4n) is 2.51. The lowest BCUT2D eigenvalue weighted by molar-refractivity contribution is -0.131. The smallest absolute Gasteiger partial charge is 0.408 e. The van der Waals surface area contributed by atoms with Crippen molar-refractivity contribution < 1.29 is 17.6 Å². The first-order valence-electron chi connectivity index (χ1n) is 6.67. The molecule has 0 unspecified atom stereocenters. The Morgan fingerprint density at radius 3 is 2.73 bits per heavy atom. The van der Waals surface area contributed by atoms with Crippen molar-refractivity contribution >= 4 is 27.0 Å². The number of nitrogens with one attached hydrogen (secondary N) is 2. The molecular formula is C13H15N3O5S. The zero-order valence-corrected chi connectivity index (χ0v) is 12.9. The third kappa shape index (κ3) is 2.13. The van der Waals surface area contributed by atoms with Gasteiger partial charge in [0.25, 0.3) is 0 Å². The van der Waals surface area contributed by atoms with Crippen molar-refractivity contribution in [2.75, 3.05) is 13.1 Å². The predicted molar refractivity (Wildman–Crippen MR) is 77.8 cm³/mol. The first-order valence-corrected chi connectivity index (χ1v) is 8.11. The number of hydrogen-bond acceptors (Lipinski definition) is 5. The molecule has 1 aliphatic rings. The van der Waals surface area contributed by atoms with Crippen molar-refractivity contribution in [3.8, 4) is 0 Å². The Bertz CT molecular complexity index is 909. The third-order valence-corrected chi connectivity index (χ3v) is 5.83. The zero-order chi connectivity index (χ0) is 16.1. The van der Waals surface area contributed by atoms with Crippen LogP contribution in [0.25, 0.3) is 11.1 Å². The summed E-state index contributed by atoms with van der Waals surface area (Å²) in [5.74, 6) is -1.00. The van der Waals surface area contributed by atoms with E-state index in [0.717, 1.165) is 4.31 Å². The van der Waals surface area contributed by atoms with Crippen LogP contribution in [0.1, 0.15) is 13.8 Å². The molecule has 1 fully saturated rings. The van der Waals surface area contributed by atoms with Crippen molar-refractivity contribution in [2.45, 2.75) is 24.3 Å². The summed E-state index contributed by atoms with van der Waals surface area (Å²) in [6.45, 7) is 3.53. The van der Waals surface area contributed by atoms with Crippen LogP contribution >= 0.6 is 0 Å². The van der Waals surface area contributed by atoms with E-state index < -0.39 is 21.3 Å². The molecule has 0 radical (unpaired) electrons. The van der Waals surface area contributed by atoms with Gasteiger partial charge in [0.2, 0.25) is 15.9 Å². The quantitative estimate of drug-likeness (QED) is 0.808. The Morgan fingerprint density at radius 2 is 2.00 bits per heavy atom. The molecule has 1 aromatic heterocycles. The molecule has 1 amide bonds. The average molecular weight is 325 g/mol. The van der Waals surface area contributed by atoms with Crippen LogP contribution in [0.4, 0.5) is 0 Å². The number of nitrogens with zero attached hydrogens (tertiary/aromatic N) is 1. The number of hydrogen-bond donors (Lipinski definition) is 2. The maximum Gasteiger partial charge on any atom is 0.417 e. The summed E-state index contributed by atoms with van der Waals surface area (Å²) in [5, 5.41) is 2.65. The normalized spacial score (nSPS) is 19.3. The Kier molecular flexibility index (Phi) is 3.15. The number of oxazole rings is 1. The molecule has 2 N–H and O–H groups in total. The molecule has 0 spiro atoms. The molecule has 9 heteroatoms. The minimum absolute atomic E-state index is 0.0227. The Balaban J connectivity index is 2.11. The third-order valence-electron chi connectivity index (χ3n) is 3.76. The minimum atomic E-state index is -3.89. The second kappa shape index (κ2) is 4.68. The van der Waals surface area contributed by atoms with E-state index >= 15 is 0 Å². The summed E-state index contributed by atoms with van der Waals surface area (Å²) >= 11 is 0. The lowest BCUT2D eigenvalue weighted by Gasteiger charge is -2.39. The second-order valence-corrected chi connectivity index (χ2v) is 7.43. The lowest BCUT2D eigenvalue weighted by Crippen LogP contribution is -2.63. The van der Waals surface area contributed by atoms with Crippen LogP contribution in [0.15, 0.2) is 32.3 Å². The summed E-state index contributed by atoms with van der Waals surface area (Å²) in [7, 11) is -3.89. The van der Waals surface area contributed by atoms with Gasteiger partial charge in [0.1, 0.15) is 5.54 Å². The van der Waals surface area contributed by atoms with Crippen LogP contribution < -0.4 is 11.1 Å². The van der Waals surface area contributed by atoms with Gasteiger partial charge in [0.15, 0.2) is 5.58 Å². The van der Waals surface area contributed by atoms with E-state index in [1.165, 1.54) is 18.2 Å². The summed E-state index contributed by atoms with van der Waals surface area (Å²) in [4.78, 5) is 25.5. The van der Waals surface area contributed by atoms with Crippen LogP contribution in [0.2, 0.25) is 0 Å². The highest BCUT2D eigenvalue weighted by Gasteiger charge is 2.44. The molecular weight excluding hydrogens is 310 g/mol. The van der Waals surface area contributed by atoms with Gasteiger partial charge in [0, 0.05) is 19.2 Å². The van der Waals surface area contributed by atoms with Crippen LogP contribution in [0, 0.1) is 0 Å². The van der Waals surface area contributed by atoms with Gasteiger partial charge >= 0.3 is 5.76 Å². The number of amides is 1. The summed E-state index contributed by atoms with van der Waals surface area (Å²) in [6.07, 6.45) is 0. The number of aromatic nitrogens is 1. The molecule has 0 aliphatic carbocycles. The highest BCUT2D eigenvalue weighted by molar-refractivity contribution is 7.89.